The SMILES string of the molecule is CCOC(=O)[C@@H]1C(CC)CCN1C(C)=O. The molecule has 1 heterocycles. The molecule has 4 nitrogen and oxygen atoms in total. The summed E-state index contributed by atoms with van der Waals surface area (Å²) in [5, 5.41) is 0. The minimum absolute atomic E-state index is 0.0380. The summed E-state index contributed by atoms with van der Waals surface area (Å²) in [5.41, 5.74) is 0. The molecule has 4 heteroatoms. The van der Waals surface area contributed by atoms with Gasteiger partial charge in [-0.15, -0.1) is 0 Å². The van der Waals surface area contributed by atoms with Crippen LogP contribution in [0.25, 0.3) is 0 Å². The maximum atomic E-state index is 11.7. The quantitative estimate of drug-likeness (QED) is 0.662. The molecule has 1 aliphatic rings. The molecule has 0 aromatic carbocycles. The molecule has 15 heavy (non-hydrogen) atoms. The van der Waals surface area contributed by atoms with Crippen molar-refractivity contribution in [3.63, 3.8) is 0 Å². The molecule has 0 N–H and O–H groups in total. The summed E-state index contributed by atoms with van der Waals surface area (Å²) >= 11 is 0. The lowest BCUT2D eigenvalue weighted by molar-refractivity contribution is -0.153. The van der Waals surface area contributed by atoms with E-state index in [1.165, 1.54) is 6.92 Å². The van der Waals surface area contributed by atoms with Crippen LogP contribution in [0, 0.1) is 5.92 Å². The van der Waals surface area contributed by atoms with Crippen LogP contribution in [0.3, 0.4) is 0 Å². The van der Waals surface area contributed by atoms with Gasteiger partial charge in [-0.3, -0.25) is 4.79 Å². The standard InChI is InChI=1S/C11H19NO3/c1-4-9-6-7-12(8(3)13)10(9)11(14)15-5-2/h9-10H,4-7H2,1-3H3/t9?,10-/m0/s1. The van der Waals surface area contributed by atoms with Gasteiger partial charge in [-0.25, -0.2) is 4.79 Å². The van der Waals surface area contributed by atoms with Crippen LogP contribution in [0.2, 0.25) is 0 Å². The molecule has 0 saturated carbocycles. The number of carbonyl (C=O) groups is 2. The van der Waals surface area contributed by atoms with Crippen LogP contribution in [0.1, 0.15) is 33.6 Å². The topological polar surface area (TPSA) is 46.6 Å². The average Bonchev–Trinajstić information content (AvgIpc) is 2.61. The van der Waals surface area contributed by atoms with Crippen molar-refractivity contribution in [2.45, 2.75) is 39.7 Å². The second kappa shape index (κ2) is 5.14. The highest BCUT2D eigenvalue weighted by Gasteiger charge is 2.40. The summed E-state index contributed by atoms with van der Waals surface area (Å²) in [6.07, 6.45) is 1.81. The third kappa shape index (κ3) is 2.49. The van der Waals surface area contributed by atoms with Gasteiger partial charge < -0.3 is 9.64 Å². The normalized spacial score (nSPS) is 25.4. The number of nitrogens with zero attached hydrogens (tertiary/aromatic N) is 1. The van der Waals surface area contributed by atoms with E-state index >= 15 is 0 Å². The Balaban J connectivity index is 2.76. The maximum Gasteiger partial charge on any atom is 0.329 e. The molecule has 1 unspecified atom stereocenters. The van der Waals surface area contributed by atoms with Gasteiger partial charge in [0.25, 0.3) is 0 Å². The second-order valence-corrected chi connectivity index (χ2v) is 3.87. The molecule has 0 aliphatic carbocycles. The van der Waals surface area contributed by atoms with E-state index < -0.39 is 0 Å². The Kier molecular flexibility index (Phi) is 4.12. The van der Waals surface area contributed by atoms with Crippen molar-refractivity contribution in [2.24, 2.45) is 5.92 Å². The fourth-order valence-electron chi connectivity index (χ4n) is 2.18. The molecule has 1 rings (SSSR count). The van der Waals surface area contributed by atoms with Gasteiger partial charge in [0, 0.05) is 13.5 Å². The first-order valence-corrected chi connectivity index (χ1v) is 5.55. The van der Waals surface area contributed by atoms with E-state index in [1.54, 1.807) is 11.8 Å². The largest absolute Gasteiger partial charge is 0.464 e. The number of amides is 1. The molecule has 1 fully saturated rings. The van der Waals surface area contributed by atoms with E-state index in [4.69, 9.17) is 4.74 Å². The van der Waals surface area contributed by atoms with E-state index in [2.05, 4.69) is 0 Å². The van der Waals surface area contributed by atoms with Gasteiger partial charge >= 0.3 is 5.97 Å². The highest BCUT2D eigenvalue weighted by molar-refractivity contribution is 5.84. The van der Waals surface area contributed by atoms with Crippen molar-refractivity contribution in [3.8, 4) is 0 Å². The fourth-order valence-corrected chi connectivity index (χ4v) is 2.18. The van der Waals surface area contributed by atoms with E-state index in [-0.39, 0.29) is 23.8 Å². The maximum absolute atomic E-state index is 11.7. The Morgan fingerprint density at radius 1 is 1.40 bits per heavy atom. The lowest BCUT2D eigenvalue weighted by atomic mass is 9.97. The summed E-state index contributed by atoms with van der Waals surface area (Å²) in [6.45, 7) is 6.38. The minimum atomic E-state index is -0.354. The van der Waals surface area contributed by atoms with Crippen molar-refractivity contribution >= 4 is 11.9 Å². The van der Waals surface area contributed by atoms with Gasteiger partial charge in [0.1, 0.15) is 6.04 Å². The molecule has 1 amide bonds. The van der Waals surface area contributed by atoms with Crippen LogP contribution in [0.5, 0.6) is 0 Å². The van der Waals surface area contributed by atoms with Gasteiger partial charge in [0.15, 0.2) is 0 Å². The number of likely N-dealkylation sites (tertiary alicyclic amines) is 1. The van der Waals surface area contributed by atoms with E-state index in [9.17, 15) is 9.59 Å². The summed E-state index contributed by atoms with van der Waals surface area (Å²) < 4.78 is 5.01. The molecule has 0 radical (unpaired) electrons. The Morgan fingerprint density at radius 3 is 2.53 bits per heavy atom. The third-order valence-electron chi connectivity index (χ3n) is 2.98. The molecule has 0 aromatic rings. The zero-order valence-corrected chi connectivity index (χ0v) is 9.66. The number of ether oxygens (including phenoxy) is 1. The van der Waals surface area contributed by atoms with Gasteiger partial charge in [-0.05, 0) is 19.3 Å². The summed E-state index contributed by atoms with van der Waals surface area (Å²) in [7, 11) is 0. The molecule has 1 saturated heterocycles. The zero-order chi connectivity index (χ0) is 11.4. The van der Waals surface area contributed by atoms with Crippen LogP contribution >= 0.6 is 0 Å². The fraction of sp³-hybridized carbons (Fsp3) is 0.818. The lowest BCUT2D eigenvalue weighted by Gasteiger charge is -2.24. The molecule has 0 spiro atoms. The van der Waals surface area contributed by atoms with Crippen LogP contribution < -0.4 is 0 Å². The van der Waals surface area contributed by atoms with Gasteiger partial charge in [0.05, 0.1) is 6.61 Å². The predicted octanol–water partition coefficient (Wildman–Crippen LogP) is 1.20. The Bertz CT molecular complexity index is 252. The summed E-state index contributed by atoms with van der Waals surface area (Å²) in [6, 6.07) is -0.354. The van der Waals surface area contributed by atoms with Crippen LogP contribution in [0.15, 0.2) is 0 Å². The van der Waals surface area contributed by atoms with Crippen molar-refractivity contribution in [1.29, 1.82) is 0 Å². The summed E-state index contributed by atoms with van der Waals surface area (Å²) in [5.74, 6) is -0.0333. The highest BCUT2D eigenvalue weighted by atomic mass is 16.5. The molecule has 86 valence electrons. The molecule has 2 atom stereocenters. The lowest BCUT2D eigenvalue weighted by Crippen LogP contribution is -2.43. The van der Waals surface area contributed by atoms with E-state index in [1.807, 2.05) is 6.92 Å². The van der Waals surface area contributed by atoms with Gasteiger partial charge in [-0.2, -0.15) is 0 Å². The zero-order valence-electron chi connectivity index (χ0n) is 9.66. The van der Waals surface area contributed by atoms with Crippen LogP contribution in [-0.4, -0.2) is 36.0 Å². The first-order valence-electron chi connectivity index (χ1n) is 5.55. The first-order chi connectivity index (χ1) is 7.11. The Morgan fingerprint density at radius 2 is 2.07 bits per heavy atom. The van der Waals surface area contributed by atoms with Crippen molar-refractivity contribution < 1.29 is 14.3 Å². The third-order valence-corrected chi connectivity index (χ3v) is 2.98. The van der Waals surface area contributed by atoms with E-state index in [0.717, 1.165) is 12.8 Å². The number of hydrogen-bond acceptors (Lipinski definition) is 3. The first kappa shape index (κ1) is 12.0. The van der Waals surface area contributed by atoms with E-state index in [0.29, 0.717) is 13.2 Å². The molecule has 0 bridgehead atoms. The minimum Gasteiger partial charge on any atom is -0.464 e. The Labute approximate surface area is 90.6 Å². The smallest absolute Gasteiger partial charge is 0.329 e. The second-order valence-electron chi connectivity index (χ2n) is 3.87. The number of esters is 1. The van der Waals surface area contributed by atoms with Crippen LogP contribution in [0.4, 0.5) is 0 Å². The summed E-state index contributed by atoms with van der Waals surface area (Å²) in [4.78, 5) is 24.7. The number of carbonyl (C=O) groups excluding carboxylic acids is 2. The highest BCUT2D eigenvalue weighted by Crippen LogP contribution is 2.27. The molecule has 1 aliphatic heterocycles. The predicted molar refractivity (Wildman–Crippen MR) is 56.2 cm³/mol. The number of hydrogen-bond donors (Lipinski definition) is 0. The Hall–Kier alpha value is -1.06. The average molecular weight is 213 g/mol. The molecular formula is C11H19NO3. The molecule has 0 aromatic heterocycles. The van der Waals surface area contributed by atoms with Crippen LogP contribution in [-0.2, 0) is 14.3 Å². The van der Waals surface area contributed by atoms with Crippen molar-refractivity contribution in [2.75, 3.05) is 13.2 Å². The van der Waals surface area contributed by atoms with Crippen molar-refractivity contribution in [1.82, 2.24) is 4.90 Å². The van der Waals surface area contributed by atoms with Gasteiger partial charge in [-0.1, -0.05) is 13.3 Å². The number of rotatable bonds is 3. The van der Waals surface area contributed by atoms with Gasteiger partial charge in [0.2, 0.25) is 5.91 Å². The molecular weight excluding hydrogens is 194 g/mol. The monoisotopic (exact) mass is 213 g/mol. The van der Waals surface area contributed by atoms with Crippen molar-refractivity contribution in [3.05, 3.63) is 0 Å².